The van der Waals surface area contributed by atoms with E-state index in [9.17, 15) is 13.2 Å². The van der Waals surface area contributed by atoms with E-state index in [1.54, 1.807) is 0 Å². The Morgan fingerprint density at radius 3 is 2.83 bits per heavy atom. The Balaban J connectivity index is 1.57. The maximum atomic E-state index is 12.2. The lowest BCUT2D eigenvalue weighted by atomic mass is 10.2. The topological polar surface area (TPSA) is 87.7 Å². The van der Waals surface area contributed by atoms with Gasteiger partial charge in [0, 0.05) is 43.5 Å². The Kier molecular flexibility index (Phi) is 5.37. The van der Waals surface area contributed by atoms with Crippen LogP contribution in [0.25, 0.3) is 0 Å². The lowest BCUT2D eigenvalue weighted by Crippen LogP contribution is -2.43. The molecule has 0 radical (unpaired) electrons. The summed E-state index contributed by atoms with van der Waals surface area (Å²) in [5, 5.41) is 6.16. The summed E-state index contributed by atoms with van der Waals surface area (Å²) in [6.45, 7) is 2.98. The Morgan fingerprint density at radius 2 is 2.12 bits per heavy atom. The molecule has 1 amide bonds. The Labute approximate surface area is 142 Å². The van der Waals surface area contributed by atoms with E-state index in [1.165, 1.54) is 0 Å². The molecule has 2 N–H and O–H groups in total. The molecule has 3 rings (SSSR count). The number of anilines is 2. The van der Waals surface area contributed by atoms with Crippen LogP contribution in [0.15, 0.2) is 24.3 Å². The SMILES string of the molecule is O=C(CC1COCCN1)Nc1cccc(N2CCS(=O)(=O)CC2)c1. The summed E-state index contributed by atoms with van der Waals surface area (Å²) in [4.78, 5) is 14.2. The summed E-state index contributed by atoms with van der Waals surface area (Å²) in [5.74, 6) is 0.296. The lowest BCUT2D eigenvalue weighted by Gasteiger charge is -2.29. The third kappa shape index (κ3) is 4.68. The van der Waals surface area contributed by atoms with Gasteiger partial charge in [0.2, 0.25) is 5.91 Å². The zero-order valence-corrected chi connectivity index (χ0v) is 14.3. The number of hydrogen-bond donors (Lipinski definition) is 2. The summed E-state index contributed by atoms with van der Waals surface area (Å²) in [6.07, 6.45) is 0.367. The van der Waals surface area contributed by atoms with Gasteiger partial charge in [-0.15, -0.1) is 0 Å². The molecule has 2 heterocycles. The Bertz CT molecular complexity index is 672. The fraction of sp³-hybridized carbons (Fsp3) is 0.562. The quantitative estimate of drug-likeness (QED) is 0.806. The van der Waals surface area contributed by atoms with Gasteiger partial charge >= 0.3 is 0 Å². The Hall–Kier alpha value is -1.64. The van der Waals surface area contributed by atoms with E-state index in [0.29, 0.717) is 32.7 Å². The number of nitrogens with one attached hydrogen (secondary N) is 2. The van der Waals surface area contributed by atoms with Crippen LogP contribution in [-0.4, -0.2) is 64.7 Å². The first kappa shape index (κ1) is 17.2. The largest absolute Gasteiger partial charge is 0.378 e. The highest BCUT2D eigenvalue weighted by Crippen LogP contribution is 2.21. The molecule has 0 spiro atoms. The van der Waals surface area contributed by atoms with Crippen LogP contribution in [0.2, 0.25) is 0 Å². The van der Waals surface area contributed by atoms with Crippen molar-refractivity contribution in [3.05, 3.63) is 24.3 Å². The van der Waals surface area contributed by atoms with Gasteiger partial charge in [-0.05, 0) is 18.2 Å². The standard InChI is InChI=1S/C16H23N3O4S/c20-16(11-14-12-23-7-4-17-14)18-13-2-1-3-15(10-13)19-5-8-24(21,22)9-6-19/h1-3,10,14,17H,4-9,11-12H2,(H,18,20). The van der Waals surface area contributed by atoms with Gasteiger partial charge in [-0.25, -0.2) is 8.42 Å². The monoisotopic (exact) mass is 353 g/mol. The summed E-state index contributed by atoms with van der Waals surface area (Å²) in [5.41, 5.74) is 1.66. The molecule has 1 atom stereocenters. The minimum absolute atomic E-state index is 0.0502. The lowest BCUT2D eigenvalue weighted by molar-refractivity contribution is -0.117. The first-order valence-corrected chi connectivity index (χ1v) is 10.0. The van der Waals surface area contributed by atoms with Crippen molar-refractivity contribution in [2.75, 3.05) is 54.6 Å². The van der Waals surface area contributed by atoms with E-state index in [2.05, 4.69) is 10.6 Å². The second-order valence-corrected chi connectivity index (χ2v) is 8.47. The molecule has 2 aliphatic rings. The predicted molar refractivity (Wildman–Crippen MR) is 93.2 cm³/mol. The van der Waals surface area contributed by atoms with Gasteiger partial charge < -0.3 is 20.3 Å². The summed E-state index contributed by atoms with van der Waals surface area (Å²) >= 11 is 0. The molecule has 1 unspecified atom stereocenters. The number of carbonyl (C=O) groups excluding carboxylic acids is 1. The van der Waals surface area contributed by atoms with Crippen molar-refractivity contribution in [3.8, 4) is 0 Å². The normalized spacial score (nSPS) is 23.7. The third-order valence-electron chi connectivity index (χ3n) is 4.27. The van der Waals surface area contributed by atoms with Gasteiger partial charge in [0.1, 0.15) is 0 Å². The average molecular weight is 353 g/mol. The molecule has 0 bridgehead atoms. The molecule has 2 saturated heterocycles. The van der Waals surface area contributed by atoms with Gasteiger partial charge in [-0.2, -0.15) is 0 Å². The van der Waals surface area contributed by atoms with Crippen LogP contribution in [0.1, 0.15) is 6.42 Å². The van der Waals surface area contributed by atoms with Crippen molar-refractivity contribution >= 4 is 27.1 Å². The van der Waals surface area contributed by atoms with E-state index in [4.69, 9.17) is 4.74 Å². The molecular formula is C16H23N3O4S. The van der Waals surface area contributed by atoms with Crippen LogP contribution in [0.3, 0.4) is 0 Å². The minimum atomic E-state index is -2.90. The van der Waals surface area contributed by atoms with E-state index in [-0.39, 0.29) is 23.5 Å². The molecular weight excluding hydrogens is 330 g/mol. The molecule has 132 valence electrons. The van der Waals surface area contributed by atoms with Crippen molar-refractivity contribution in [1.29, 1.82) is 0 Å². The summed E-state index contributed by atoms with van der Waals surface area (Å²) < 4.78 is 28.4. The van der Waals surface area contributed by atoms with Gasteiger partial charge in [0.25, 0.3) is 0 Å². The highest BCUT2D eigenvalue weighted by Gasteiger charge is 2.22. The van der Waals surface area contributed by atoms with Crippen molar-refractivity contribution in [2.45, 2.75) is 12.5 Å². The first-order chi connectivity index (χ1) is 11.5. The number of morpholine rings is 1. The van der Waals surface area contributed by atoms with Crippen LogP contribution in [0, 0.1) is 0 Å². The molecule has 0 aliphatic carbocycles. The van der Waals surface area contributed by atoms with Gasteiger partial charge in [0.15, 0.2) is 9.84 Å². The molecule has 24 heavy (non-hydrogen) atoms. The van der Waals surface area contributed by atoms with Crippen molar-refractivity contribution < 1.29 is 17.9 Å². The number of benzene rings is 1. The number of sulfone groups is 1. The van der Waals surface area contributed by atoms with Crippen LogP contribution in [0.5, 0.6) is 0 Å². The first-order valence-electron chi connectivity index (χ1n) is 8.18. The number of amides is 1. The molecule has 2 fully saturated rings. The van der Waals surface area contributed by atoms with E-state index < -0.39 is 9.84 Å². The third-order valence-corrected chi connectivity index (χ3v) is 5.88. The number of nitrogens with zero attached hydrogens (tertiary/aromatic N) is 1. The molecule has 7 nitrogen and oxygen atoms in total. The van der Waals surface area contributed by atoms with Crippen LogP contribution >= 0.6 is 0 Å². The minimum Gasteiger partial charge on any atom is -0.378 e. The van der Waals surface area contributed by atoms with E-state index >= 15 is 0 Å². The molecule has 8 heteroatoms. The maximum absolute atomic E-state index is 12.2. The second-order valence-electron chi connectivity index (χ2n) is 6.17. The summed E-state index contributed by atoms with van der Waals surface area (Å²) in [7, 11) is -2.90. The fourth-order valence-electron chi connectivity index (χ4n) is 2.94. The van der Waals surface area contributed by atoms with Gasteiger partial charge in [-0.1, -0.05) is 6.07 Å². The fourth-order valence-corrected chi connectivity index (χ4v) is 4.14. The van der Waals surface area contributed by atoms with Crippen LogP contribution in [0.4, 0.5) is 11.4 Å². The highest BCUT2D eigenvalue weighted by molar-refractivity contribution is 7.91. The van der Waals surface area contributed by atoms with Crippen molar-refractivity contribution in [1.82, 2.24) is 5.32 Å². The molecule has 1 aromatic rings. The molecule has 2 aliphatic heterocycles. The Morgan fingerprint density at radius 1 is 1.33 bits per heavy atom. The average Bonchev–Trinajstić information content (AvgIpc) is 2.56. The van der Waals surface area contributed by atoms with Gasteiger partial charge in [-0.3, -0.25) is 4.79 Å². The zero-order chi connectivity index (χ0) is 17.0. The van der Waals surface area contributed by atoms with E-state index in [0.717, 1.165) is 17.9 Å². The molecule has 0 saturated carbocycles. The number of carbonyl (C=O) groups is 1. The summed E-state index contributed by atoms with van der Waals surface area (Å²) in [6, 6.07) is 7.59. The van der Waals surface area contributed by atoms with Crippen molar-refractivity contribution in [2.24, 2.45) is 0 Å². The second kappa shape index (κ2) is 7.50. The molecule has 0 aromatic heterocycles. The number of rotatable bonds is 4. The highest BCUT2D eigenvalue weighted by atomic mass is 32.2. The zero-order valence-electron chi connectivity index (χ0n) is 13.5. The maximum Gasteiger partial charge on any atom is 0.226 e. The predicted octanol–water partition coefficient (Wildman–Crippen LogP) is 0.238. The number of ether oxygens (including phenoxy) is 1. The van der Waals surface area contributed by atoms with Gasteiger partial charge in [0.05, 0.1) is 24.7 Å². The van der Waals surface area contributed by atoms with Crippen molar-refractivity contribution in [3.63, 3.8) is 0 Å². The van der Waals surface area contributed by atoms with Crippen LogP contribution < -0.4 is 15.5 Å². The van der Waals surface area contributed by atoms with Crippen LogP contribution in [-0.2, 0) is 19.4 Å². The molecule has 1 aromatic carbocycles. The number of hydrogen-bond acceptors (Lipinski definition) is 6. The van der Waals surface area contributed by atoms with E-state index in [1.807, 2.05) is 29.2 Å². The smallest absolute Gasteiger partial charge is 0.226 e.